The van der Waals surface area contributed by atoms with Crippen LogP contribution in [0.2, 0.25) is 0 Å². The van der Waals surface area contributed by atoms with E-state index in [1.165, 1.54) is 12.4 Å². The molecule has 0 bridgehead atoms. The van der Waals surface area contributed by atoms with Gasteiger partial charge in [0.25, 0.3) is 0 Å². The van der Waals surface area contributed by atoms with Crippen molar-refractivity contribution in [3.8, 4) is 11.4 Å². The molecule has 0 atom stereocenters. The number of rotatable bonds is 1. The van der Waals surface area contributed by atoms with Crippen LogP contribution in [0.25, 0.3) is 11.4 Å². The molecule has 0 saturated carbocycles. The minimum atomic E-state index is -4.40. The van der Waals surface area contributed by atoms with Crippen molar-refractivity contribution >= 4 is 0 Å². The molecule has 16 heavy (non-hydrogen) atoms. The summed E-state index contributed by atoms with van der Waals surface area (Å²) in [5.41, 5.74) is -0.182. The Morgan fingerprint density at radius 3 is 2.56 bits per heavy atom. The molecule has 1 aromatic carbocycles. The van der Waals surface area contributed by atoms with Crippen molar-refractivity contribution in [1.82, 2.24) is 15.2 Å². The van der Waals surface area contributed by atoms with Gasteiger partial charge in [0, 0.05) is 5.56 Å². The molecule has 1 heterocycles. The average Bonchev–Trinajstić information content (AvgIpc) is 2.69. The zero-order valence-corrected chi connectivity index (χ0v) is 8.34. The highest BCUT2D eigenvalue weighted by molar-refractivity contribution is 5.61. The predicted molar refractivity (Wildman–Crippen MR) is 51.6 cm³/mol. The summed E-state index contributed by atoms with van der Waals surface area (Å²) in [4.78, 5) is 3.72. The first-order valence-electron chi connectivity index (χ1n) is 4.52. The summed E-state index contributed by atoms with van der Waals surface area (Å²) in [6.45, 7) is 1.61. The average molecular weight is 227 g/mol. The van der Waals surface area contributed by atoms with Gasteiger partial charge in [-0.15, -0.1) is 0 Å². The first kappa shape index (κ1) is 10.7. The second kappa shape index (κ2) is 3.62. The third kappa shape index (κ3) is 1.91. The fraction of sp³-hybridized carbons (Fsp3) is 0.200. The van der Waals surface area contributed by atoms with E-state index < -0.39 is 11.7 Å². The van der Waals surface area contributed by atoms with Crippen molar-refractivity contribution in [2.75, 3.05) is 0 Å². The lowest BCUT2D eigenvalue weighted by Gasteiger charge is -2.11. The fourth-order valence-corrected chi connectivity index (χ4v) is 1.43. The molecule has 84 valence electrons. The molecule has 3 nitrogen and oxygen atoms in total. The molecule has 0 amide bonds. The predicted octanol–water partition coefficient (Wildman–Crippen LogP) is 2.80. The van der Waals surface area contributed by atoms with E-state index in [1.807, 2.05) is 0 Å². The van der Waals surface area contributed by atoms with Crippen LogP contribution in [-0.4, -0.2) is 15.2 Å². The molecule has 0 aliphatic rings. The summed E-state index contributed by atoms with van der Waals surface area (Å²) in [5.74, 6) is 0.0484. The van der Waals surface area contributed by atoms with Gasteiger partial charge in [-0.2, -0.15) is 18.3 Å². The Bertz CT molecular complexity index is 489. The fourth-order valence-electron chi connectivity index (χ4n) is 1.43. The zero-order valence-electron chi connectivity index (χ0n) is 8.34. The van der Waals surface area contributed by atoms with Crippen LogP contribution in [0.1, 0.15) is 11.1 Å². The van der Waals surface area contributed by atoms with Gasteiger partial charge in [0.2, 0.25) is 0 Å². The van der Waals surface area contributed by atoms with E-state index in [1.54, 1.807) is 13.0 Å². The SMILES string of the molecule is Cc1ccc(-c2nc[nH]n2)c(C(F)(F)F)c1. The van der Waals surface area contributed by atoms with Gasteiger partial charge in [0.15, 0.2) is 5.82 Å². The zero-order chi connectivity index (χ0) is 11.8. The molecule has 0 aliphatic heterocycles. The van der Waals surface area contributed by atoms with E-state index in [2.05, 4.69) is 15.2 Å². The molecule has 1 aromatic heterocycles. The van der Waals surface area contributed by atoms with Crippen LogP contribution < -0.4 is 0 Å². The molecular weight excluding hydrogens is 219 g/mol. The minimum absolute atomic E-state index is 0.0145. The quantitative estimate of drug-likeness (QED) is 0.813. The lowest BCUT2D eigenvalue weighted by molar-refractivity contribution is -0.137. The number of hydrogen-bond donors (Lipinski definition) is 1. The molecule has 0 spiro atoms. The number of nitrogens with one attached hydrogen (secondary N) is 1. The lowest BCUT2D eigenvalue weighted by atomic mass is 10.0. The Morgan fingerprint density at radius 2 is 2.00 bits per heavy atom. The highest BCUT2D eigenvalue weighted by atomic mass is 19.4. The summed E-state index contributed by atoms with van der Waals surface area (Å²) >= 11 is 0. The molecule has 2 rings (SSSR count). The van der Waals surface area contributed by atoms with Gasteiger partial charge in [-0.25, -0.2) is 4.98 Å². The van der Waals surface area contributed by atoms with Crippen LogP contribution in [0.4, 0.5) is 13.2 Å². The van der Waals surface area contributed by atoms with E-state index in [9.17, 15) is 13.2 Å². The number of alkyl halides is 3. The number of halogens is 3. The third-order valence-electron chi connectivity index (χ3n) is 2.14. The Morgan fingerprint density at radius 1 is 1.25 bits per heavy atom. The van der Waals surface area contributed by atoms with Gasteiger partial charge < -0.3 is 0 Å². The summed E-state index contributed by atoms with van der Waals surface area (Å²) in [5, 5.41) is 6.05. The minimum Gasteiger partial charge on any atom is -0.265 e. The second-order valence-corrected chi connectivity index (χ2v) is 3.37. The molecule has 0 unspecified atom stereocenters. The van der Waals surface area contributed by atoms with Crippen LogP contribution in [0.3, 0.4) is 0 Å². The Kier molecular flexibility index (Phi) is 2.41. The van der Waals surface area contributed by atoms with Gasteiger partial charge in [0.05, 0.1) is 5.56 Å². The van der Waals surface area contributed by atoms with E-state index >= 15 is 0 Å². The smallest absolute Gasteiger partial charge is 0.265 e. The summed E-state index contributed by atoms with van der Waals surface area (Å²) < 4.78 is 38.3. The first-order valence-corrected chi connectivity index (χ1v) is 4.52. The molecular formula is C10H8F3N3. The monoisotopic (exact) mass is 227 g/mol. The Hall–Kier alpha value is -1.85. The van der Waals surface area contributed by atoms with E-state index in [4.69, 9.17) is 0 Å². The molecule has 6 heteroatoms. The summed E-state index contributed by atoms with van der Waals surface area (Å²) in [6.07, 6.45) is -3.16. The van der Waals surface area contributed by atoms with Gasteiger partial charge in [-0.05, 0) is 13.0 Å². The number of hydrogen-bond acceptors (Lipinski definition) is 2. The van der Waals surface area contributed by atoms with E-state index in [-0.39, 0.29) is 11.4 Å². The van der Waals surface area contributed by atoms with Crippen LogP contribution >= 0.6 is 0 Å². The molecule has 0 saturated heterocycles. The van der Waals surface area contributed by atoms with Gasteiger partial charge >= 0.3 is 6.18 Å². The molecule has 1 N–H and O–H groups in total. The normalized spacial score (nSPS) is 11.8. The van der Waals surface area contributed by atoms with Gasteiger partial charge in [-0.1, -0.05) is 17.7 Å². The number of H-pyrrole nitrogens is 1. The Balaban J connectivity index is 2.62. The maximum absolute atomic E-state index is 12.8. The van der Waals surface area contributed by atoms with Crippen LogP contribution in [0.5, 0.6) is 0 Å². The van der Waals surface area contributed by atoms with Crippen LogP contribution in [0.15, 0.2) is 24.5 Å². The number of aromatic nitrogens is 3. The maximum Gasteiger partial charge on any atom is 0.417 e. The van der Waals surface area contributed by atoms with Crippen molar-refractivity contribution in [3.63, 3.8) is 0 Å². The van der Waals surface area contributed by atoms with Crippen molar-refractivity contribution in [2.45, 2.75) is 13.1 Å². The second-order valence-electron chi connectivity index (χ2n) is 3.37. The topological polar surface area (TPSA) is 41.6 Å². The maximum atomic E-state index is 12.8. The third-order valence-corrected chi connectivity index (χ3v) is 2.14. The lowest BCUT2D eigenvalue weighted by Crippen LogP contribution is -2.08. The highest BCUT2D eigenvalue weighted by Gasteiger charge is 2.34. The summed E-state index contributed by atoms with van der Waals surface area (Å²) in [6, 6.07) is 4.06. The molecule has 0 aliphatic carbocycles. The van der Waals surface area contributed by atoms with E-state index in [0.717, 1.165) is 6.07 Å². The van der Waals surface area contributed by atoms with Gasteiger partial charge in [0.1, 0.15) is 6.33 Å². The highest BCUT2D eigenvalue weighted by Crippen LogP contribution is 2.36. The number of nitrogens with zero attached hydrogens (tertiary/aromatic N) is 2. The standard InChI is InChI=1S/C10H8F3N3/c1-6-2-3-7(9-14-5-15-16-9)8(4-6)10(11,12)13/h2-5H,1H3,(H,14,15,16). The van der Waals surface area contributed by atoms with Crippen molar-refractivity contribution in [2.24, 2.45) is 0 Å². The molecule has 0 radical (unpaired) electrons. The van der Waals surface area contributed by atoms with Crippen molar-refractivity contribution in [3.05, 3.63) is 35.7 Å². The van der Waals surface area contributed by atoms with E-state index in [0.29, 0.717) is 5.56 Å². The number of aromatic amines is 1. The number of benzene rings is 1. The van der Waals surface area contributed by atoms with Crippen molar-refractivity contribution in [1.29, 1.82) is 0 Å². The van der Waals surface area contributed by atoms with Crippen molar-refractivity contribution < 1.29 is 13.2 Å². The number of aryl methyl sites for hydroxylation is 1. The summed E-state index contributed by atoms with van der Waals surface area (Å²) in [7, 11) is 0. The largest absolute Gasteiger partial charge is 0.417 e. The van der Waals surface area contributed by atoms with Gasteiger partial charge in [-0.3, -0.25) is 5.10 Å². The van der Waals surface area contributed by atoms with Crippen LogP contribution in [0, 0.1) is 6.92 Å². The van der Waals surface area contributed by atoms with Crippen LogP contribution in [-0.2, 0) is 6.18 Å². The Labute approximate surface area is 89.3 Å². The molecule has 2 aromatic rings. The first-order chi connectivity index (χ1) is 7.48. The molecule has 0 fully saturated rings.